The highest BCUT2D eigenvalue weighted by atomic mass is 16.5. The number of hydrogen-bond acceptors (Lipinski definition) is 8. The van der Waals surface area contributed by atoms with Crippen molar-refractivity contribution in [3.05, 3.63) is 78.2 Å². The quantitative estimate of drug-likeness (QED) is 0.434. The lowest BCUT2D eigenvalue weighted by atomic mass is 10.3. The number of aryl methyl sites for hydroxylation is 1. The number of fused-ring (bicyclic) bond motifs is 1. The van der Waals surface area contributed by atoms with Crippen molar-refractivity contribution in [2.45, 2.75) is 13.2 Å². The highest BCUT2D eigenvalue weighted by Crippen LogP contribution is 2.25. The van der Waals surface area contributed by atoms with Crippen LogP contribution < -0.4 is 10.1 Å². The number of hydrogen-bond donors (Lipinski definition) is 1. The minimum Gasteiger partial charge on any atom is -0.458 e. The predicted molar refractivity (Wildman–Crippen MR) is 114 cm³/mol. The summed E-state index contributed by atoms with van der Waals surface area (Å²) in [5.41, 5.74) is 3.50. The molecule has 1 aromatic carbocycles. The third kappa shape index (κ3) is 3.90. The number of anilines is 1. The number of rotatable bonds is 7. The molecule has 5 aromatic rings. The lowest BCUT2D eigenvalue weighted by Crippen LogP contribution is -2.09. The van der Waals surface area contributed by atoms with E-state index in [0.29, 0.717) is 18.5 Å². The topological polar surface area (TPSA) is 108 Å². The van der Waals surface area contributed by atoms with Crippen LogP contribution in [0.3, 0.4) is 0 Å². The molecule has 10 heteroatoms. The zero-order valence-electron chi connectivity index (χ0n) is 16.8. The molecule has 0 bridgehead atoms. The van der Waals surface area contributed by atoms with Crippen LogP contribution in [-0.4, -0.2) is 39.7 Å². The van der Waals surface area contributed by atoms with Gasteiger partial charge >= 0.3 is 6.01 Å². The molecule has 5 rings (SSSR count). The molecule has 0 atom stereocenters. The van der Waals surface area contributed by atoms with Crippen molar-refractivity contribution >= 4 is 16.9 Å². The third-order valence-electron chi connectivity index (χ3n) is 4.68. The second kappa shape index (κ2) is 8.19. The molecular formula is C21H19N9O. The molecule has 0 spiro atoms. The van der Waals surface area contributed by atoms with Crippen LogP contribution >= 0.6 is 0 Å². The molecule has 0 aliphatic carbocycles. The Morgan fingerprint density at radius 3 is 2.77 bits per heavy atom. The van der Waals surface area contributed by atoms with Gasteiger partial charge in [0, 0.05) is 26.0 Å². The van der Waals surface area contributed by atoms with Gasteiger partial charge in [0.1, 0.15) is 12.4 Å². The summed E-state index contributed by atoms with van der Waals surface area (Å²) in [5.74, 6) is 1.28. The van der Waals surface area contributed by atoms with E-state index in [1.54, 1.807) is 22.5 Å². The molecular weight excluding hydrogens is 394 g/mol. The minimum atomic E-state index is 0.247. The van der Waals surface area contributed by atoms with E-state index in [4.69, 9.17) is 4.74 Å². The van der Waals surface area contributed by atoms with Gasteiger partial charge in [0.05, 0.1) is 16.7 Å². The maximum absolute atomic E-state index is 6.05. The molecule has 0 radical (unpaired) electrons. The van der Waals surface area contributed by atoms with Crippen molar-refractivity contribution in [1.29, 1.82) is 0 Å². The first-order valence-electron chi connectivity index (χ1n) is 9.69. The first kappa shape index (κ1) is 18.7. The summed E-state index contributed by atoms with van der Waals surface area (Å²) >= 11 is 0. The third-order valence-corrected chi connectivity index (χ3v) is 4.68. The van der Waals surface area contributed by atoms with E-state index in [9.17, 15) is 0 Å². The van der Waals surface area contributed by atoms with Gasteiger partial charge in [0.2, 0.25) is 0 Å². The molecule has 31 heavy (non-hydrogen) atoms. The SMILES string of the molecule is Cn1nnnc1-n1c(OCc2cccc(NCc3cccnc3)n2)nc2ccccc21. The van der Waals surface area contributed by atoms with Crippen molar-refractivity contribution < 1.29 is 4.74 Å². The first-order valence-corrected chi connectivity index (χ1v) is 9.69. The summed E-state index contributed by atoms with van der Waals surface area (Å²) in [4.78, 5) is 13.4. The molecule has 0 saturated heterocycles. The summed E-state index contributed by atoms with van der Waals surface area (Å²) in [6, 6.07) is 17.8. The Bertz CT molecular complexity index is 1310. The van der Waals surface area contributed by atoms with E-state index in [-0.39, 0.29) is 6.61 Å². The zero-order valence-corrected chi connectivity index (χ0v) is 16.8. The van der Waals surface area contributed by atoms with Crippen molar-refractivity contribution in [3.63, 3.8) is 0 Å². The summed E-state index contributed by atoms with van der Waals surface area (Å²) in [6.45, 7) is 0.886. The van der Waals surface area contributed by atoms with Gasteiger partial charge in [-0.3, -0.25) is 4.98 Å². The maximum atomic E-state index is 6.05. The van der Waals surface area contributed by atoms with Gasteiger partial charge in [-0.1, -0.05) is 29.4 Å². The Morgan fingerprint density at radius 1 is 1.00 bits per heavy atom. The fourth-order valence-electron chi connectivity index (χ4n) is 3.20. The average molecular weight is 413 g/mol. The number of ether oxygens (including phenoxy) is 1. The Kier molecular flexibility index (Phi) is 4.93. The van der Waals surface area contributed by atoms with E-state index in [1.807, 2.05) is 60.8 Å². The van der Waals surface area contributed by atoms with Crippen LogP contribution in [0.4, 0.5) is 5.82 Å². The highest BCUT2D eigenvalue weighted by Gasteiger charge is 2.18. The fourth-order valence-corrected chi connectivity index (χ4v) is 3.20. The number of benzene rings is 1. The van der Waals surface area contributed by atoms with Gasteiger partial charge in [-0.15, -0.1) is 0 Å². The van der Waals surface area contributed by atoms with Crippen molar-refractivity contribution in [3.8, 4) is 12.0 Å². The molecule has 0 fully saturated rings. The van der Waals surface area contributed by atoms with Gasteiger partial charge in [0.25, 0.3) is 5.95 Å². The van der Waals surface area contributed by atoms with E-state index in [2.05, 4.69) is 35.8 Å². The number of nitrogens with zero attached hydrogens (tertiary/aromatic N) is 8. The van der Waals surface area contributed by atoms with Gasteiger partial charge in [0.15, 0.2) is 0 Å². The molecule has 0 saturated carbocycles. The summed E-state index contributed by atoms with van der Waals surface area (Å²) in [7, 11) is 1.77. The molecule has 0 unspecified atom stereocenters. The summed E-state index contributed by atoms with van der Waals surface area (Å²) in [6.07, 6.45) is 3.58. The number of pyridine rings is 2. The van der Waals surface area contributed by atoms with E-state index >= 15 is 0 Å². The Labute approximate surface area is 177 Å². The monoisotopic (exact) mass is 413 g/mol. The molecule has 154 valence electrons. The van der Waals surface area contributed by atoms with Crippen LogP contribution in [0.2, 0.25) is 0 Å². The second-order valence-electron chi connectivity index (χ2n) is 6.84. The number of nitrogens with one attached hydrogen (secondary N) is 1. The molecule has 4 aromatic heterocycles. The molecule has 0 amide bonds. The molecule has 0 aliphatic heterocycles. The molecule has 4 heterocycles. The minimum absolute atomic E-state index is 0.247. The second-order valence-corrected chi connectivity index (χ2v) is 6.84. The van der Waals surface area contributed by atoms with Gasteiger partial charge < -0.3 is 10.1 Å². The van der Waals surface area contributed by atoms with Crippen LogP contribution in [0.1, 0.15) is 11.3 Å². The van der Waals surface area contributed by atoms with E-state index in [0.717, 1.165) is 28.1 Å². The van der Waals surface area contributed by atoms with E-state index < -0.39 is 0 Å². The van der Waals surface area contributed by atoms with Crippen LogP contribution in [0, 0.1) is 0 Å². The lowest BCUT2D eigenvalue weighted by Gasteiger charge is -2.10. The van der Waals surface area contributed by atoms with Gasteiger partial charge in [-0.05, 0) is 46.3 Å². The van der Waals surface area contributed by atoms with Crippen LogP contribution in [0.25, 0.3) is 17.0 Å². The number of imidazole rings is 1. The highest BCUT2D eigenvalue weighted by molar-refractivity contribution is 5.78. The Morgan fingerprint density at radius 2 is 1.94 bits per heavy atom. The maximum Gasteiger partial charge on any atom is 0.305 e. The smallest absolute Gasteiger partial charge is 0.305 e. The molecule has 1 N–H and O–H groups in total. The summed E-state index contributed by atoms with van der Waals surface area (Å²) in [5, 5.41) is 15.1. The molecule has 0 aliphatic rings. The lowest BCUT2D eigenvalue weighted by molar-refractivity contribution is 0.272. The first-order chi connectivity index (χ1) is 15.3. The molecule has 10 nitrogen and oxygen atoms in total. The number of para-hydroxylation sites is 2. The average Bonchev–Trinajstić information content (AvgIpc) is 3.39. The fraction of sp³-hybridized carbons (Fsp3) is 0.143. The van der Waals surface area contributed by atoms with Crippen molar-refractivity contribution in [2.75, 3.05) is 5.32 Å². The Hall–Kier alpha value is -4.34. The Balaban J connectivity index is 1.36. The number of aromatic nitrogens is 8. The zero-order chi connectivity index (χ0) is 21.0. The van der Waals surface area contributed by atoms with Gasteiger partial charge in [-0.2, -0.15) is 4.98 Å². The largest absolute Gasteiger partial charge is 0.458 e. The van der Waals surface area contributed by atoms with Crippen LogP contribution in [0.15, 0.2) is 67.0 Å². The van der Waals surface area contributed by atoms with Crippen molar-refractivity contribution in [2.24, 2.45) is 7.05 Å². The number of tetrazole rings is 1. The van der Waals surface area contributed by atoms with Gasteiger partial charge in [-0.25, -0.2) is 14.2 Å². The predicted octanol–water partition coefficient (Wildman–Crippen LogP) is 2.53. The van der Waals surface area contributed by atoms with Crippen LogP contribution in [-0.2, 0) is 20.2 Å². The van der Waals surface area contributed by atoms with Crippen molar-refractivity contribution in [1.82, 2.24) is 39.7 Å². The van der Waals surface area contributed by atoms with Crippen LogP contribution in [0.5, 0.6) is 6.01 Å². The van der Waals surface area contributed by atoms with E-state index in [1.165, 1.54) is 0 Å². The summed E-state index contributed by atoms with van der Waals surface area (Å²) < 4.78 is 9.41. The normalized spacial score (nSPS) is 11.0. The standard InChI is InChI=1S/C21H19N9O/c1-29-20(26-27-28-29)30-18-9-3-2-8-17(18)25-21(30)31-14-16-7-4-10-19(24-16)23-13-15-6-5-11-22-12-15/h2-12H,13-14H2,1H3,(H,23,24).